The van der Waals surface area contributed by atoms with Crippen LogP contribution in [0.25, 0.3) is 0 Å². The first kappa shape index (κ1) is 12.7. The molecule has 0 bridgehead atoms. The van der Waals surface area contributed by atoms with Gasteiger partial charge in [-0.15, -0.1) is 11.3 Å². The highest BCUT2D eigenvalue weighted by atomic mass is 32.1. The minimum atomic E-state index is -0.232. The molecule has 1 amide bonds. The fourth-order valence-corrected chi connectivity index (χ4v) is 2.30. The molecule has 0 aliphatic heterocycles. The van der Waals surface area contributed by atoms with E-state index in [9.17, 15) is 4.79 Å². The molecule has 2 rings (SSSR count). The minimum Gasteiger partial charge on any atom is -0.309 e. The van der Waals surface area contributed by atoms with Crippen molar-refractivity contribution in [3.05, 3.63) is 29.0 Å². The zero-order chi connectivity index (χ0) is 13.0. The third-order valence-corrected chi connectivity index (χ3v) is 3.22. The second-order valence-corrected chi connectivity index (χ2v) is 4.64. The maximum atomic E-state index is 11.7. The third-order valence-electron chi connectivity index (χ3n) is 2.44. The van der Waals surface area contributed by atoms with Gasteiger partial charge >= 0.3 is 0 Å². The Hall–Kier alpha value is -1.73. The lowest BCUT2D eigenvalue weighted by molar-refractivity contribution is 0.102. The van der Waals surface area contributed by atoms with Gasteiger partial charge in [-0.3, -0.25) is 15.2 Å². The number of H-pyrrole nitrogens is 1. The van der Waals surface area contributed by atoms with Crippen LogP contribution >= 0.6 is 11.3 Å². The minimum absolute atomic E-state index is 0.184. The Kier molecular flexibility index (Phi) is 4.06. The summed E-state index contributed by atoms with van der Waals surface area (Å²) < 4.78 is 0. The molecule has 2 aromatic heterocycles. The van der Waals surface area contributed by atoms with Crippen LogP contribution in [0.4, 0.5) is 5.13 Å². The number of aromatic nitrogens is 3. The van der Waals surface area contributed by atoms with Gasteiger partial charge in [-0.25, -0.2) is 4.98 Å². The highest BCUT2D eigenvalue weighted by Gasteiger charge is 2.12. The molecule has 7 heteroatoms. The zero-order valence-corrected chi connectivity index (χ0v) is 11.0. The molecule has 0 saturated heterocycles. The van der Waals surface area contributed by atoms with Gasteiger partial charge in [0.1, 0.15) is 5.69 Å². The average Bonchev–Trinajstić information content (AvgIpc) is 2.99. The van der Waals surface area contributed by atoms with Crippen LogP contribution in [0.15, 0.2) is 17.6 Å². The lowest BCUT2D eigenvalue weighted by atomic mass is 10.3. The molecule has 0 spiro atoms. The molecule has 2 aromatic rings. The standard InChI is InChI=1S/C11H15N5OS/c1-3-12-7(2)9-6-18-11(14-9)15-10(17)8-4-5-13-16-8/h4-7,12H,3H2,1-2H3,(H,13,16)(H,14,15,17). The number of nitrogens with one attached hydrogen (secondary N) is 3. The second-order valence-electron chi connectivity index (χ2n) is 3.78. The van der Waals surface area contributed by atoms with Crippen LogP contribution in [0, 0.1) is 0 Å². The number of hydrogen-bond donors (Lipinski definition) is 3. The molecule has 0 fully saturated rings. The number of carbonyl (C=O) groups is 1. The molecular formula is C11H15N5OS. The van der Waals surface area contributed by atoms with Crippen molar-refractivity contribution in [2.45, 2.75) is 19.9 Å². The first-order valence-electron chi connectivity index (χ1n) is 5.70. The lowest BCUT2D eigenvalue weighted by Crippen LogP contribution is -2.18. The Labute approximate surface area is 109 Å². The van der Waals surface area contributed by atoms with E-state index >= 15 is 0 Å². The zero-order valence-electron chi connectivity index (χ0n) is 10.2. The van der Waals surface area contributed by atoms with Gasteiger partial charge in [0.15, 0.2) is 5.13 Å². The summed E-state index contributed by atoms with van der Waals surface area (Å²) in [5.41, 5.74) is 1.35. The Morgan fingerprint density at radius 1 is 1.61 bits per heavy atom. The van der Waals surface area contributed by atoms with E-state index in [4.69, 9.17) is 0 Å². The summed E-state index contributed by atoms with van der Waals surface area (Å²) in [6, 6.07) is 1.80. The van der Waals surface area contributed by atoms with Gasteiger partial charge in [-0.05, 0) is 19.5 Å². The highest BCUT2D eigenvalue weighted by molar-refractivity contribution is 7.14. The largest absolute Gasteiger partial charge is 0.309 e. The van der Waals surface area contributed by atoms with Crippen LogP contribution in [0.1, 0.15) is 36.1 Å². The fourth-order valence-electron chi connectivity index (χ4n) is 1.50. The molecule has 2 heterocycles. The Morgan fingerprint density at radius 2 is 2.44 bits per heavy atom. The summed E-state index contributed by atoms with van der Waals surface area (Å²) in [6.45, 7) is 4.97. The summed E-state index contributed by atoms with van der Waals surface area (Å²) in [7, 11) is 0. The number of amides is 1. The Balaban J connectivity index is 2.00. The molecule has 0 aliphatic rings. The van der Waals surface area contributed by atoms with Crippen LogP contribution in [0.3, 0.4) is 0 Å². The number of thiazole rings is 1. The van der Waals surface area contributed by atoms with E-state index in [1.165, 1.54) is 17.5 Å². The number of nitrogens with zero attached hydrogens (tertiary/aromatic N) is 2. The molecule has 1 unspecified atom stereocenters. The lowest BCUT2D eigenvalue weighted by Gasteiger charge is -2.08. The van der Waals surface area contributed by atoms with E-state index < -0.39 is 0 Å². The summed E-state index contributed by atoms with van der Waals surface area (Å²) in [4.78, 5) is 16.1. The van der Waals surface area contributed by atoms with Crippen molar-refractivity contribution >= 4 is 22.4 Å². The van der Waals surface area contributed by atoms with Crippen molar-refractivity contribution in [1.82, 2.24) is 20.5 Å². The van der Waals surface area contributed by atoms with E-state index in [0.717, 1.165) is 12.2 Å². The Morgan fingerprint density at radius 3 is 3.11 bits per heavy atom. The molecule has 0 aromatic carbocycles. The summed E-state index contributed by atoms with van der Waals surface area (Å²) in [5.74, 6) is -0.232. The smallest absolute Gasteiger partial charge is 0.275 e. The summed E-state index contributed by atoms with van der Waals surface area (Å²) >= 11 is 1.41. The molecule has 3 N–H and O–H groups in total. The van der Waals surface area contributed by atoms with Gasteiger partial charge in [0.05, 0.1) is 5.69 Å². The average molecular weight is 265 g/mol. The summed E-state index contributed by atoms with van der Waals surface area (Å²) in [6.07, 6.45) is 1.54. The van der Waals surface area contributed by atoms with Crippen LogP contribution in [0.2, 0.25) is 0 Å². The van der Waals surface area contributed by atoms with Gasteiger partial charge in [0.2, 0.25) is 0 Å². The first-order valence-corrected chi connectivity index (χ1v) is 6.58. The maximum absolute atomic E-state index is 11.7. The van der Waals surface area contributed by atoms with Crippen molar-refractivity contribution in [1.29, 1.82) is 0 Å². The van der Waals surface area contributed by atoms with Crippen molar-refractivity contribution in [2.24, 2.45) is 0 Å². The number of anilines is 1. The van der Waals surface area contributed by atoms with E-state index in [1.54, 1.807) is 6.07 Å². The van der Waals surface area contributed by atoms with Gasteiger partial charge in [0, 0.05) is 17.6 Å². The molecule has 18 heavy (non-hydrogen) atoms. The van der Waals surface area contributed by atoms with Crippen molar-refractivity contribution in [3.63, 3.8) is 0 Å². The predicted molar refractivity (Wildman–Crippen MR) is 70.7 cm³/mol. The van der Waals surface area contributed by atoms with Gasteiger partial charge in [-0.2, -0.15) is 5.10 Å². The van der Waals surface area contributed by atoms with Gasteiger partial charge in [-0.1, -0.05) is 6.92 Å². The molecule has 1 atom stereocenters. The SMILES string of the molecule is CCNC(C)c1csc(NC(=O)c2ccn[nH]2)n1. The first-order chi connectivity index (χ1) is 8.70. The van der Waals surface area contributed by atoms with Crippen LogP contribution in [-0.2, 0) is 0 Å². The molecule has 96 valence electrons. The normalized spacial score (nSPS) is 12.3. The highest BCUT2D eigenvalue weighted by Crippen LogP contribution is 2.20. The van der Waals surface area contributed by atoms with E-state index in [2.05, 4.69) is 25.8 Å². The van der Waals surface area contributed by atoms with Crippen LogP contribution < -0.4 is 10.6 Å². The molecule has 0 saturated carbocycles. The fraction of sp³-hybridized carbons (Fsp3) is 0.364. The molecule has 6 nitrogen and oxygen atoms in total. The molecule has 0 radical (unpaired) electrons. The Bertz CT molecular complexity index is 507. The predicted octanol–water partition coefficient (Wildman–Crippen LogP) is 1.79. The van der Waals surface area contributed by atoms with Gasteiger partial charge < -0.3 is 5.32 Å². The second kappa shape index (κ2) is 5.74. The van der Waals surface area contributed by atoms with Crippen molar-refractivity contribution < 1.29 is 4.79 Å². The van der Waals surface area contributed by atoms with Crippen LogP contribution in [0.5, 0.6) is 0 Å². The van der Waals surface area contributed by atoms with Crippen molar-refractivity contribution in [3.8, 4) is 0 Å². The quantitative estimate of drug-likeness (QED) is 0.769. The van der Waals surface area contributed by atoms with E-state index in [0.29, 0.717) is 10.8 Å². The number of aromatic amines is 1. The molecular weight excluding hydrogens is 250 g/mol. The molecule has 0 aliphatic carbocycles. The van der Waals surface area contributed by atoms with Gasteiger partial charge in [0.25, 0.3) is 5.91 Å². The number of hydrogen-bond acceptors (Lipinski definition) is 5. The third kappa shape index (κ3) is 2.93. The van der Waals surface area contributed by atoms with Crippen LogP contribution in [-0.4, -0.2) is 27.6 Å². The summed E-state index contributed by atoms with van der Waals surface area (Å²) in [5, 5.41) is 14.9. The monoisotopic (exact) mass is 265 g/mol. The van der Waals surface area contributed by atoms with Crippen molar-refractivity contribution in [2.75, 3.05) is 11.9 Å². The van der Waals surface area contributed by atoms with E-state index in [-0.39, 0.29) is 11.9 Å². The van der Waals surface area contributed by atoms with E-state index in [1.807, 2.05) is 19.2 Å². The maximum Gasteiger partial charge on any atom is 0.275 e. The number of rotatable bonds is 5. The topological polar surface area (TPSA) is 82.7 Å². The number of carbonyl (C=O) groups excluding carboxylic acids is 1.